The molecule has 0 aromatic heterocycles. The fourth-order valence-electron chi connectivity index (χ4n) is 2.35. The highest BCUT2D eigenvalue weighted by molar-refractivity contribution is 4.81. The maximum absolute atomic E-state index is 6.19. The number of hydrogen-bond donors (Lipinski definition) is 4. The largest absolute Gasteiger partial charge is 0.327 e. The van der Waals surface area contributed by atoms with Gasteiger partial charge in [-0.2, -0.15) is 0 Å². The van der Waals surface area contributed by atoms with E-state index in [0.717, 1.165) is 38.5 Å². The van der Waals surface area contributed by atoms with Gasteiger partial charge in [-0.1, -0.05) is 27.7 Å². The summed E-state index contributed by atoms with van der Waals surface area (Å²) in [5, 5.41) is 0. The SMILES string of the molecule is CCC(N)C(C)CCC(N)(N)CCC(C)C(N)CC. The first-order chi connectivity index (χ1) is 8.73. The lowest BCUT2D eigenvalue weighted by atomic mass is 9.87. The Morgan fingerprint density at radius 1 is 0.789 bits per heavy atom. The van der Waals surface area contributed by atoms with Crippen molar-refractivity contribution in [3.63, 3.8) is 0 Å². The molecule has 4 nitrogen and oxygen atoms in total. The molecule has 4 heteroatoms. The molecule has 0 amide bonds. The number of nitrogens with two attached hydrogens (primary N) is 4. The standard InChI is InChI=1S/C15H36N4/c1-5-13(16)11(3)7-9-15(18,19)10-8-12(4)14(17)6-2/h11-14H,5-10,16-19H2,1-4H3. The predicted molar refractivity (Wildman–Crippen MR) is 84.4 cm³/mol. The third-order valence-electron chi connectivity index (χ3n) is 4.53. The Bertz CT molecular complexity index is 208. The molecular weight excluding hydrogens is 236 g/mol. The van der Waals surface area contributed by atoms with E-state index in [1.54, 1.807) is 0 Å². The first-order valence-electron chi connectivity index (χ1n) is 7.82. The fourth-order valence-corrected chi connectivity index (χ4v) is 2.35. The van der Waals surface area contributed by atoms with Gasteiger partial charge in [0.15, 0.2) is 0 Å². The molecule has 0 fully saturated rings. The molecule has 8 N–H and O–H groups in total. The third kappa shape index (κ3) is 7.88. The first-order valence-corrected chi connectivity index (χ1v) is 7.82. The molecule has 0 aromatic rings. The Morgan fingerprint density at radius 3 is 1.37 bits per heavy atom. The van der Waals surface area contributed by atoms with Gasteiger partial charge < -0.3 is 22.9 Å². The van der Waals surface area contributed by atoms with E-state index in [1.807, 2.05) is 0 Å². The van der Waals surface area contributed by atoms with E-state index in [9.17, 15) is 0 Å². The second-order valence-corrected chi connectivity index (χ2v) is 6.41. The molecule has 19 heavy (non-hydrogen) atoms. The molecule has 0 aliphatic heterocycles. The maximum atomic E-state index is 6.19. The molecule has 116 valence electrons. The average molecular weight is 272 g/mol. The molecule has 0 saturated heterocycles. The van der Waals surface area contributed by atoms with Gasteiger partial charge in [0.2, 0.25) is 0 Å². The molecule has 0 heterocycles. The van der Waals surface area contributed by atoms with Crippen LogP contribution in [0.25, 0.3) is 0 Å². The van der Waals surface area contributed by atoms with Crippen LogP contribution in [0.15, 0.2) is 0 Å². The molecule has 0 bridgehead atoms. The number of hydrogen-bond acceptors (Lipinski definition) is 4. The smallest absolute Gasteiger partial charge is 0.0636 e. The van der Waals surface area contributed by atoms with Crippen LogP contribution in [0.5, 0.6) is 0 Å². The lowest BCUT2D eigenvalue weighted by molar-refractivity contribution is 0.282. The molecule has 0 rings (SSSR count). The van der Waals surface area contributed by atoms with Gasteiger partial charge in [-0.3, -0.25) is 0 Å². The highest BCUT2D eigenvalue weighted by Gasteiger charge is 2.23. The van der Waals surface area contributed by atoms with E-state index < -0.39 is 5.66 Å². The Hall–Kier alpha value is -0.160. The van der Waals surface area contributed by atoms with Gasteiger partial charge in [-0.25, -0.2) is 0 Å². The molecule has 0 spiro atoms. The summed E-state index contributed by atoms with van der Waals surface area (Å²) < 4.78 is 0. The van der Waals surface area contributed by atoms with Crippen LogP contribution >= 0.6 is 0 Å². The van der Waals surface area contributed by atoms with E-state index in [2.05, 4.69) is 27.7 Å². The van der Waals surface area contributed by atoms with Crippen molar-refractivity contribution in [3.8, 4) is 0 Å². The summed E-state index contributed by atoms with van der Waals surface area (Å²) in [4.78, 5) is 0. The summed E-state index contributed by atoms with van der Waals surface area (Å²) in [7, 11) is 0. The third-order valence-corrected chi connectivity index (χ3v) is 4.53. The fraction of sp³-hybridized carbons (Fsp3) is 1.00. The van der Waals surface area contributed by atoms with E-state index in [0.29, 0.717) is 11.8 Å². The van der Waals surface area contributed by atoms with Gasteiger partial charge in [0.25, 0.3) is 0 Å². The topological polar surface area (TPSA) is 104 Å². The molecule has 0 radical (unpaired) electrons. The Labute approximate surface area is 119 Å². The highest BCUT2D eigenvalue weighted by atomic mass is 14.9. The van der Waals surface area contributed by atoms with Crippen molar-refractivity contribution in [1.82, 2.24) is 0 Å². The summed E-state index contributed by atoms with van der Waals surface area (Å²) in [5.41, 5.74) is 23.9. The molecule has 4 atom stereocenters. The molecule has 0 aromatic carbocycles. The van der Waals surface area contributed by atoms with Crippen LogP contribution in [-0.2, 0) is 0 Å². The summed E-state index contributed by atoms with van der Waals surface area (Å²) >= 11 is 0. The van der Waals surface area contributed by atoms with Gasteiger partial charge in [0.1, 0.15) is 0 Å². The number of rotatable bonds is 10. The molecule has 4 unspecified atom stereocenters. The van der Waals surface area contributed by atoms with Crippen molar-refractivity contribution in [3.05, 3.63) is 0 Å². The summed E-state index contributed by atoms with van der Waals surface area (Å²) in [6.07, 6.45) is 5.66. The lowest BCUT2D eigenvalue weighted by Gasteiger charge is -2.29. The van der Waals surface area contributed by atoms with Crippen LogP contribution in [0, 0.1) is 11.8 Å². The van der Waals surface area contributed by atoms with Crippen LogP contribution in [-0.4, -0.2) is 17.7 Å². The van der Waals surface area contributed by atoms with Gasteiger partial charge in [-0.15, -0.1) is 0 Å². The van der Waals surface area contributed by atoms with Gasteiger partial charge in [0, 0.05) is 12.1 Å². The summed E-state index contributed by atoms with van der Waals surface area (Å²) in [6, 6.07) is 0.506. The molecule has 0 aliphatic carbocycles. The normalized spacial score (nSPS) is 18.9. The van der Waals surface area contributed by atoms with E-state index in [-0.39, 0.29) is 12.1 Å². The Morgan fingerprint density at radius 2 is 1.11 bits per heavy atom. The van der Waals surface area contributed by atoms with E-state index in [4.69, 9.17) is 22.9 Å². The van der Waals surface area contributed by atoms with Crippen molar-refractivity contribution < 1.29 is 0 Å². The minimum Gasteiger partial charge on any atom is -0.327 e. The second-order valence-electron chi connectivity index (χ2n) is 6.41. The lowest BCUT2D eigenvalue weighted by Crippen LogP contribution is -2.50. The monoisotopic (exact) mass is 272 g/mol. The summed E-state index contributed by atoms with van der Waals surface area (Å²) in [6.45, 7) is 8.60. The summed E-state index contributed by atoms with van der Waals surface area (Å²) in [5.74, 6) is 0.957. The van der Waals surface area contributed by atoms with Gasteiger partial charge in [0.05, 0.1) is 5.66 Å². The van der Waals surface area contributed by atoms with Crippen LogP contribution in [0.4, 0.5) is 0 Å². The van der Waals surface area contributed by atoms with E-state index in [1.165, 1.54) is 0 Å². The van der Waals surface area contributed by atoms with Crippen molar-refractivity contribution in [2.24, 2.45) is 34.8 Å². The van der Waals surface area contributed by atoms with Crippen LogP contribution in [0.3, 0.4) is 0 Å². The molecule has 0 aliphatic rings. The van der Waals surface area contributed by atoms with Crippen LogP contribution in [0.2, 0.25) is 0 Å². The van der Waals surface area contributed by atoms with Crippen molar-refractivity contribution in [2.45, 2.75) is 84.0 Å². The van der Waals surface area contributed by atoms with Crippen LogP contribution in [0.1, 0.15) is 66.2 Å². The Kier molecular flexibility index (Phi) is 8.83. The average Bonchev–Trinajstić information content (AvgIpc) is 2.40. The quantitative estimate of drug-likeness (QED) is 0.456. The minimum atomic E-state index is -0.580. The highest BCUT2D eigenvalue weighted by Crippen LogP contribution is 2.21. The van der Waals surface area contributed by atoms with Gasteiger partial charge >= 0.3 is 0 Å². The minimum absolute atomic E-state index is 0.253. The Balaban J connectivity index is 4.04. The van der Waals surface area contributed by atoms with Gasteiger partial charge in [-0.05, 0) is 50.4 Å². The maximum Gasteiger partial charge on any atom is 0.0636 e. The first kappa shape index (κ1) is 18.8. The second kappa shape index (κ2) is 8.90. The molecular formula is C15H36N4. The van der Waals surface area contributed by atoms with Crippen molar-refractivity contribution in [1.29, 1.82) is 0 Å². The van der Waals surface area contributed by atoms with Crippen molar-refractivity contribution in [2.75, 3.05) is 0 Å². The van der Waals surface area contributed by atoms with E-state index >= 15 is 0 Å². The zero-order valence-electron chi connectivity index (χ0n) is 13.4. The zero-order valence-corrected chi connectivity index (χ0v) is 13.4. The zero-order chi connectivity index (χ0) is 15.1. The molecule has 0 saturated carbocycles. The predicted octanol–water partition coefficient (Wildman–Crippen LogP) is 1.91. The van der Waals surface area contributed by atoms with Crippen molar-refractivity contribution >= 4 is 0 Å². The van der Waals surface area contributed by atoms with Crippen LogP contribution < -0.4 is 22.9 Å².